The second-order valence-corrected chi connectivity index (χ2v) is 7.90. The van der Waals surface area contributed by atoms with Crippen LogP contribution in [0.2, 0.25) is 0 Å². The molecule has 132 valence electrons. The number of likely N-dealkylation sites (tertiary alicyclic amines) is 2. The Hall–Kier alpha value is -2.50. The number of hydrogen-bond donors (Lipinski definition) is 1. The number of amides is 2. The van der Waals surface area contributed by atoms with E-state index in [2.05, 4.69) is 4.98 Å². The zero-order chi connectivity index (χ0) is 17.8. The summed E-state index contributed by atoms with van der Waals surface area (Å²) in [7, 11) is 0. The van der Waals surface area contributed by atoms with Gasteiger partial charge in [-0.3, -0.25) is 4.79 Å². The summed E-state index contributed by atoms with van der Waals surface area (Å²) in [6.45, 7) is 6.71. The second-order valence-electron chi connectivity index (χ2n) is 7.90. The standard InChI is InChI=1S/C19H23N3O3/c1-19(2,3)25-18(24)22-11-13-9-14(22)10-21(13)17(23)16-8-12-6-4-5-7-15(12)20-16/h4-8,13-14,20H,9-11H2,1-3H3/t13?,14-/m0/s1. The van der Waals surface area contributed by atoms with Gasteiger partial charge < -0.3 is 19.5 Å². The summed E-state index contributed by atoms with van der Waals surface area (Å²) in [5, 5.41) is 1.03. The molecule has 2 saturated heterocycles. The molecule has 25 heavy (non-hydrogen) atoms. The zero-order valence-corrected chi connectivity index (χ0v) is 14.8. The summed E-state index contributed by atoms with van der Waals surface area (Å²) in [6.07, 6.45) is 0.545. The number of nitrogens with one attached hydrogen (secondary N) is 1. The van der Waals surface area contributed by atoms with Crippen molar-refractivity contribution in [2.24, 2.45) is 0 Å². The molecule has 1 aromatic carbocycles. The molecule has 1 N–H and O–H groups in total. The number of benzene rings is 1. The smallest absolute Gasteiger partial charge is 0.410 e. The predicted molar refractivity (Wildman–Crippen MR) is 94.5 cm³/mol. The number of hydrogen-bond acceptors (Lipinski definition) is 3. The van der Waals surface area contributed by atoms with E-state index >= 15 is 0 Å². The molecule has 0 aliphatic carbocycles. The maximum atomic E-state index is 12.9. The normalized spacial score (nSPS) is 22.7. The number of fused-ring (bicyclic) bond motifs is 3. The lowest BCUT2D eigenvalue weighted by molar-refractivity contribution is 0.0126. The molecule has 0 radical (unpaired) electrons. The van der Waals surface area contributed by atoms with E-state index in [0.29, 0.717) is 18.8 Å². The van der Waals surface area contributed by atoms with Crippen LogP contribution in [-0.4, -0.2) is 57.6 Å². The van der Waals surface area contributed by atoms with Crippen molar-refractivity contribution in [1.29, 1.82) is 0 Å². The Kier molecular flexibility index (Phi) is 3.52. The van der Waals surface area contributed by atoms with Crippen molar-refractivity contribution in [2.75, 3.05) is 13.1 Å². The van der Waals surface area contributed by atoms with E-state index in [1.54, 1.807) is 4.90 Å². The van der Waals surface area contributed by atoms with Gasteiger partial charge in [0.15, 0.2) is 0 Å². The Morgan fingerprint density at radius 2 is 1.80 bits per heavy atom. The Labute approximate surface area is 146 Å². The van der Waals surface area contributed by atoms with Gasteiger partial charge in [0.1, 0.15) is 11.3 Å². The molecule has 2 fully saturated rings. The highest BCUT2D eigenvalue weighted by Gasteiger charge is 2.48. The molecule has 1 unspecified atom stereocenters. The van der Waals surface area contributed by atoms with Crippen LogP contribution in [0.5, 0.6) is 0 Å². The van der Waals surface area contributed by atoms with Crippen LogP contribution >= 0.6 is 0 Å². The lowest BCUT2D eigenvalue weighted by Gasteiger charge is -2.35. The van der Waals surface area contributed by atoms with Crippen LogP contribution in [0.4, 0.5) is 4.79 Å². The highest BCUT2D eigenvalue weighted by molar-refractivity contribution is 5.98. The van der Waals surface area contributed by atoms with E-state index in [9.17, 15) is 9.59 Å². The first-order chi connectivity index (χ1) is 11.8. The van der Waals surface area contributed by atoms with Gasteiger partial charge >= 0.3 is 6.09 Å². The number of carbonyl (C=O) groups is 2. The van der Waals surface area contributed by atoms with E-state index in [4.69, 9.17) is 4.74 Å². The number of aromatic nitrogens is 1. The van der Waals surface area contributed by atoms with Gasteiger partial charge in [0.05, 0.1) is 12.1 Å². The first-order valence-electron chi connectivity index (χ1n) is 8.70. The van der Waals surface area contributed by atoms with E-state index in [1.165, 1.54) is 0 Å². The van der Waals surface area contributed by atoms with Crippen molar-refractivity contribution in [1.82, 2.24) is 14.8 Å². The molecule has 2 aromatic rings. The number of rotatable bonds is 1. The first kappa shape index (κ1) is 16.0. The SMILES string of the molecule is CC(C)(C)OC(=O)N1CC2C[C@H]1CN2C(=O)c1cc2ccccc2[nH]1. The third-order valence-corrected chi connectivity index (χ3v) is 4.89. The van der Waals surface area contributed by atoms with Gasteiger partial charge in [-0.25, -0.2) is 4.79 Å². The van der Waals surface area contributed by atoms with Crippen molar-refractivity contribution in [3.8, 4) is 0 Å². The summed E-state index contributed by atoms with van der Waals surface area (Å²) in [4.78, 5) is 32.0. The molecule has 6 heteroatoms. The number of piperazine rings is 1. The van der Waals surface area contributed by atoms with Gasteiger partial charge in [-0.05, 0) is 39.3 Å². The van der Waals surface area contributed by atoms with Crippen LogP contribution < -0.4 is 0 Å². The fourth-order valence-electron chi connectivity index (χ4n) is 3.80. The van der Waals surface area contributed by atoms with Crippen LogP contribution in [0.25, 0.3) is 10.9 Å². The summed E-state index contributed by atoms with van der Waals surface area (Å²) in [5.74, 6) is 0.00698. The van der Waals surface area contributed by atoms with Crippen LogP contribution in [-0.2, 0) is 4.74 Å². The van der Waals surface area contributed by atoms with Crippen LogP contribution in [0.15, 0.2) is 30.3 Å². The van der Waals surface area contributed by atoms with Gasteiger partial charge in [-0.2, -0.15) is 0 Å². The number of H-pyrrole nitrogens is 1. The Morgan fingerprint density at radius 1 is 1.12 bits per heavy atom. The molecular weight excluding hydrogens is 318 g/mol. The molecule has 1 aromatic heterocycles. The molecule has 0 spiro atoms. The van der Waals surface area contributed by atoms with Gasteiger partial charge in [-0.15, -0.1) is 0 Å². The van der Waals surface area contributed by atoms with E-state index < -0.39 is 5.60 Å². The van der Waals surface area contributed by atoms with Crippen molar-refractivity contribution in [3.63, 3.8) is 0 Å². The summed E-state index contributed by atoms with van der Waals surface area (Å²) >= 11 is 0. The summed E-state index contributed by atoms with van der Waals surface area (Å²) in [6, 6.07) is 9.87. The molecule has 0 saturated carbocycles. The first-order valence-corrected chi connectivity index (χ1v) is 8.70. The van der Waals surface area contributed by atoms with Crippen LogP contribution in [0.1, 0.15) is 37.7 Å². The van der Waals surface area contributed by atoms with E-state index in [0.717, 1.165) is 17.3 Å². The molecular formula is C19H23N3O3. The Morgan fingerprint density at radius 3 is 2.44 bits per heavy atom. The number of nitrogens with zero attached hydrogens (tertiary/aromatic N) is 2. The fourth-order valence-corrected chi connectivity index (χ4v) is 3.80. The lowest BCUT2D eigenvalue weighted by Crippen LogP contribution is -2.51. The number of ether oxygens (including phenoxy) is 1. The largest absolute Gasteiger partial charge is 0.444 e. The van der Waals surface area contributed by atoms with Gasteiger partial charge in [-0.1, -0.05) is 18.2 Å². The predicted octanol–water partition coefficient (Wildman–Crippen LogP) is 3.00. The topological polar surface area (TPSA) is 65.6 Å². The fraction of sp³-hybridized carbons (Fsp3) is 0.474. The van der Waals surface area contributed by atoms with Crippen molar-refractivity contribution in [3.05, 3.63) is 36.0 Å². The third-order valence-electron chi connectivity index (χ3n) is 4.89. The minimum Gasteiger partial charge on any atom is -0.444 e. The quantitative estimate of drug-likeness (QED) is 0.867. The van der Waals surface area contributed by atoms with Crippen LogP contribution in [0, 0.1) is 0 Å². The molecule has 3 heterocycles. The highest BCUT2D eigenvalue weighted by Crippen LogP contribution is 2.33. The van der Waals surface area contributed by atoms with Gasteiger partial charge in [0, 0.05) is 24.0 Å². The minimum atomic E-state index is -0.501. The molecule has 2 aliphatic rings. The minimum absolute atomic E-state index is 0.00698. The monoisotopic (exact) mass is 341 g/mol. The summed E-state index contributed by atoms with van der Waals surface area (Å²) in [5.41, 5.74) is 1.07. The van der Waals surface area contributed by atoms with Gasteiger partial charge in [0.2, 0.25) is 0 Å². The number of aromatic amines is 1. The number of para-hydroxylation sites is 1. The third kappa shape index (κ3) is 2.86. The second kappa shape index (κ2) is 5.51. The highest BCUT2D eigenvalue weighted by atomic mass is 16.6. The maximum Gasteiger partial charge on any atom is 0.410 e. The average molecular weight is 341 g/mol. The molecule has 6 nitrogen and oxygen atoms in total. The summed E-state index contributed by atoms with van der Waals surface area (Å²) < 4.78 is 5.47. The molecule has 2 aliphatic heterocycles. The lowest BCUT2D eigenvalue weighted by atomic mass is 10.2. The van der Waals surface area contributed by atoms with Crippen molar-refractivity contribution in [2.45, 2.75) is 44.9 Å². The Bertz CT molecular complexity index is 803. The molecule has 2 atom stereocenters. The van der Waals surface area contributed by atoms with Crippen LogP contribution in [0.3, 0.4) is 0 Å². The van der Waals surface area contributed by atoms with Crippen molar-refractivity contribution < 1.29 is 14.3 Å². The van der Waals surface area contributed by atoms with Crippen molar-refractivity contribution >= 4 is 22.9 Å². The molecule has 2 bridgehead atoms. The maximum absolute atomic E-state index is 12.9. The number of carbonyl (C=O) groups excluding carboxylic acids is 2. The zero-order valence-electron chi connectivity index (χ0n) is 14.8. The van der Waals surface area contributed by atoms with Gasteiger partial charge in [0.25, 0.3) is 5.91 Å². The van der Waals surface area contributed by atoms with E-state index in [-0.39, 0.29) is 24.1 Å². The van der Waals surface area contributed by atoms with E-state index in [1.807, 2.05) is 56.0 Å². The molecule has 4 rings (SSSR count). The molecule has 2 amide bonds. The Balaban J connectivity index is 1.47. The average Bonchev–Trinajstić information content (AvgIpc) is 3.25.